The van der Waals surface area contributed by atoms with Gasteiger partial charge in [0, 0.05) is 0 Å². The highest BCUT2D eigenvalue weighted by Gasteiger charge is 2.30. The standard InChI is InChI=1S/C21H28N2O3S/c1-14-8-7-9-19(13-14)23(27(6,25)26)18(5)21(24)22-17(4)20-11-10-15(2)12-16(20)3/h7-13,17-18H,1-6H3,(H,22,24)/t17-,18-/m1/s1. The van der Waals surface area contributed by atoms with Gasteiger partial charge in [-0.25, -0.2) is 8.42 Å². The summed E-state index contributed by atoms with van der Waals surface area (Å²) in [5, 5.41) is 2.95. The van der Waals surface area contributed by atoms with Gasteiger partial charge in [-0.2, -0.15) is 0 Å². The van der Waals surface area contributed by atoms with Crippen molar-refractivity contribution in [1.82, 2.24) is 5.32 Å². The second-order valence-electron chi connectivity index (χ2n) is 7.16. The van der Waals surface area contributed by atoms with Crippen LogP contribution in [0.3, 0.4) is 0 Å². The van der Waals surface area contributed by atoms with Crippen molar-refractivity contribution >= 4 is 21.6 Å². The van der Waals surface area contributed by atoms with E-state index in [2.05, 4.69) is 11.4 Å². The fourth-order valence-electron chi connectivity index (χ4n) is 3.30. The van der Waals surface area contributed by atoms with Crippen LogP contribution in [0.2, 0.25) is 0 Å². The van der Waals surface area contributed by atoms with Crippen LogP contribution in [-0.4, -0.2) is 26.6 Å². The Labute approximate surface area is 162 Å². The van der Waals surface area contributed by atoms with E-state index in [-0.39, 0.29) is 11.9 Å². The van der Waals surface area contributed by atoms with Crippen LogP contribution in [0.5, 0.6) is 0 Å². The molecule has 27 heavy (non-hydrogen) atoms. The number of rotatable bonds is 6. The molecule has 0 aliphatic carbocycles. The molecule has 2 atom stereocenters. The SMILES string of the molecule is Cc1cccc(N([C@H](C)C(=O)N[C@H](C)c2ccc(C)cc2C)S(C)(=O)=O)c1. The number of nitrogens with zero attached hydrogens (tertiary/aromatic N) is 1. The average molecular weight is 389 g/mol. The largest absolute Gasteiger partial charge is 0.348 e. The molecule has 0 unspecified atom stereocenters. The molecule has 1 N–H and O–H groups in total. The molecular formula is C21H28N2O3S. The third kappa shape index (κ3) is 5.10. The number of nitrogens with one attached hydrogen (secondary N) is 1. The molecule has 146 valence electrons. The van der Waals surface area contributed by atoms with Gasteiger partial charge in [0.1, 0.15) is 6.04 Å². The summed E-state index contributed by atoms with van der Waals surface area (Å²) in [4.78, 5) is 12.8. The van der Waals surface area contributed by atoms with Crippen LogP contribution >= 0.6 is 0 Å². The van der Waals surface area contributed by atoms with E-state index in [1.54, 1.807) is 25.1 Å². The van der Waals surface area contributed by atoms with Crippen LogP contribution < -0.4 is 9.62 Å². The molecule has 0 aromatic heterocycles. The zero-order valence-electron chi connectivity index (χ0n) is 16.8. The summed E-state index contributed by atoms with van der Waals surface area (Å²) in [6.07, 6.45) is 1.12. The van der Waals surface area contributed by atoms with Crippen molar-refractivity contribution in [2.75, 3.05) is 10.6 Å². The fraction of sp³-hybridized carbons (Fsp3) is 0.381. The predicted octanol–water partition coefficient (Wildman–Crippen LogP) is 3.64. The molecule has 0 aliphatic rings. The highest BCUT2D eigenvalue weighted by Crippen LogP contribution is 2.23. The molecule has 2 rings (SSSR count). The van der Waals surface area contributed by atoms with Gasteiger partial charge < -0.3 is 5.32 Å². The Balaban J connectivity index is 2.27. The second kappa shape index (κ2) is 8.13. The Hall–Kier alpha value is -2.34. The van der Waals surface area contributed by atoms with Crippen molar-refractivity contribution in [2.24, 2.45) is 0 Å². The van der Waals surface area contributed by atoms with Crippen LogP contribution in [0.15, 0.2) is 42.5 Å². The van der Waals surface area contributed by atoms with E-state index in [1.165, 1.54) is 4.31 Å². The quantitative estimate of drug-likeness (QED) is 0.821. The molecule has 0 aliphatic heterocycles. The Morgan fingerprint density at radius 3 is 2.19 bits per heavy atom. The van der Waals surface area contributed by atoms with E-state index < -0.39 is 16.1 Å². The first-order valence-corrected chi connectivity index (χ1v) is 10.8. The maximum atomic E-state index is 12.8. The number of carbonyl (C=O) groups is 1. The van der Waals surface area contributed by atoms with Crippen molar-refractivity contribution in [3.05, 3.63) is 64.7 Å². The van der Waals surface area contributed by atoms with Gasteiger partial charge in [0.05, 0.1) is 18.0 Å². The molecule has 6 heteroatoms. The van der Waals surface area contributed by atoms with Crippen LogP contribution in [-0.2, 0) is 14.8 Å². The molecule has 0 radical (unpaired) electrons. The van der Waals surface area contributed by atoms with Crippen LogP contribution in [0, 0.1) is 20.8 Å². The lowest BCUT2D eigenvalue weighted by atomic mass is 10.00. The van der Waals surface area contributed by atoms with Crippen molar-refractivity contribution in [1.29, 1.82) is 0 Å². The normalized spacial score (nSPS) is 13.7. The maximum Gasteiger partial charge on any atom is 0.244 e. The predicted molar refractivity (Wildman–Crippen MR) is 110 cm³/mol. The Morgan fingerprint density at radius 1 is 1.00 bits per heavy atom. The van der Waals surface area contributed by atoms with E-state index in [1.807, 2.05) is 45.9 Å². The molecule has 0 heterocycles. The molecule has 1 amide bonds. The number of aryl methyl sites for hydroxylation is 3. The molecule has 2 aromatic rings. The highest BCUT2D eigenvalue weighted by molar-refractivity contribution is 7.92. The first-order valence-electron chi connectivity index (χ1n) is 8.94. The minimum Gasteiger partial charge on any atom is -0.348 e. The monoisotopic (exact) mass is 388 g/mol. The second-order valence-corrected chi connectivity index (χ2v) is 9.02. The highest BCUT2D eigenvalue weighted by atomic mass is 32.2. The zero-order valence-corrected chi connectivity index (χ0v) is 17.6. The molecule has 0 saturated heterocycles. The molecule has 0 spiro atoms. The van der Waals surface area contributed by atoms with Gasteiger partial charge in [-0.05, 0) is 63.4 Å². The topological polar surface area (TPSA) is 66.5 Å². The molecule has 0 bridgehead atoms. The summed E-state index contributed by atoms with van der Waals surface area (Å²) < 4.78 is 25.9. The van der Waals surface area contributed by atoms with Crippen LogP contribution in [0.4, 0.5) is 5.69 Å². The Kier molecular flexibility index (Phi) is 6.31. The number of hydrogen-bond donors (Lipinski definition) is 1. The smallest absolute Gasteiger partial charge is 0.244 e. The van der Waals surface area contributed by atoms with Crippen molar-refractivity contribution in [3.63, 3.8) is 0 Å². The Morgan fingerprint density at radius 2 is 1.63 bits per heavy atom. The third-order valence-corrected chi connectivity index (χ3v) is 5.84. The van der Waals surface area contributed by atoms with Gasteiger partial charge >= 0.3 is 0 Å². The summed E-state index contributed by atoms with van der Waals surface area (Å²) in [5.41, 5.74) is 4.68. The number of sulfonamides is 1. The summed E-state index contributed by atoms with van der Waals surface area (Å²) in [6, 6.07) is 12.1. The number of hydrogen-bond acceptors (Lipinski definition) is 3. The van der Waals surface area contributed by atoms with Gasteiger partial charge in [0.25, 0.3) is 0 Å². The average Bonchev–Trinajstić information content (AvgIpc) is 2.53. The van der Waals surface area contributed by atoms with Crippen LogP contribution in [0.25, 0.3) is 0 Å². The van der Waals surface area contributed by atoms with Gasteiger partial charge in [-0.1, -0.05) is 35.9 Å². The van der Waals surface area contributed by atoms with E-state index >= 15 is 0 Å². The first-order chi connectivity index (χ1) is 12.5. The number of carbonyl (C=O) groups excluding carboxylic acids is 1. The lowest BCUT2D eigenvalue weighted by Crippen LogP contribution is -2.48. The number of benzene rings is 2. The van der Waals surface area contributed by atoms with Crippen LogP contribution in [0.1, 0.15) is 42.1 Å². The molecular weight excluding hydrogens is 360 g/mol. The van der Waals surface area contributed by atoms with Gasteiger partial charge in [-0.3, -0.25) is 9.10 Å². The lowest BCUT2D eigenvalue weighted by molar-refractivity contribution is -0.122. The fourth-order valence-corrected chi connectivity index (χ4v) is 4.46. The summed E-state index contributed by atoms with van der Waals surface area (Å²) in [6.45, 7) is 9.42. The zero-order chi connectivity index (χ0) is 20.4. The maximum absolute atomic E-state index is 12.8. The van der Waals surface area contributed by atoms with E-state index in [0.717, 1.165) is 28.5 Å². The molecule has 0 fully saturated rings. The molecule has 0 saturated carbocycles. The lowest BCUT2D eigenvalue weighted by Gasteiger charge is -2.29. The first kappa shape index (κ1) is 21.0. The number of amides is 1. The van der Waals surface area contributed by atoms with Crippen molar-refractivity contribution in [2.45, 2.75) is 46.7 Å². The van der Waals surface area contributed by atoms with Gasteiger partial charge in [-0.15, -0.1) is 0 Å². The van der Waals surface area contributed by atoms with Crippen molar-refractivity contribution < 1.29 is 13.2 Å². The summed E-state index contributed by atoms with van der Waals surface area (Å²) >= 11 is 0. The van der Waals surface area contributed by atoms with E-state index in [4.69, 9.17) is 0 Å². The minimum absolute atomic E-state index is 0.223. The third-order valence-electron chi connectivity index (χ3n) is 4.60. The minimum atomic E-state index is -3.62. The summed E-state index contributed by atoms with van der Waals surface area (Å²) in [5.74, 6) is -0.339. The van der Waals surface area contributed by atoms with Gasteiger partial charge in [0.2, 0.25) is 15.9 Å². The van der Waals surface area contributed by atoms with Crippen molar-refractivity contribution in [3.8, 4) is 0 Å². The summed E-state index contributed by atoms with van der Waals surface area (Å²) in [7, 11) is -3.62. The van der Waals surface area contributed by atoms with E-state index in [9.17, 15) is 13.2 Å². The Bertz CT molecular complexity index is 938. The van der Waals surface area contributed by atoms with E-state index in [0.29, 0.717) is 5.69 Å². The van der Waals surface area contributed by atoms with Gasteiger partial charge in [0.15, 0.2) is 0 Å². The molecule has 5 nitrogen and oxygen atoms in total. The molecule has 2 aromatic carbocycles. The number of anilines is 1.